The van der Waals surface area contributed by atoms with Gasteiger partial charge in [0.05, 0.1) is 0 Å². The number of hydrogen-bond acceptors (Lipinski definition) is 0. The summed E-state index contributed by atoms with van der Waals surface area (Å²) < 4.78 is 147. The van der Waals surface area contributed by atoms with Gasteiger partial charge < -0.3 is 0 Å². The van der Waals surface area contributed by atoms with Crippen molar-refractivity contribution < 1.29 is 43.5 Å². The molecule has 0 aromatic heterocycles. The molecule has 2 unspecified atom stereocenters. The molecule has 2 atom stereocenters. The summed E-state index contributed by atoms with van der Waals surface area (Å²) in [4.78, 5) is 0. The van der Waals surface area contributed by atoms with Crippen LogP contribution in [0.25, 0.3) is 0 Å². The molecule has 0 bridgehead atoms. The Morgan fingerprint density at radius 2 is 1.07 bits per heavy atom. The van der Waals surface area contributed by atoms with Gasteiger partial charge in [-0.2, -0.15) is 0 Å². The molecule has 0 N–H and O–H groups in total. The van der Waals surface area contributed by atoms with Gasteiger partial charge in [-0.3, -0.25) is 0 Å². The zero-order valence-corrected chi connectivity index (χ0v) is 15.0. The summed E-state index contributed by atoms with van der Waals surface area (Å²) in [6.45, 7) is 0. The molecule has 1 aliphatic carbocycles. The van der Waals surface area contributed by atoms with Crippen molar-refractivity contribution in [3.8, 4) is 0 Å². The standard InChI is InChI=1S/C18H11F10P/c19-13-14(20)16(22,23)18(25,26)17(24,15(13)21)29(27,28,11-7-3-1-4-8-11)12-9-5-2-6-10-12/h1-10,14H. The Morgan fingerprint density at radius 1 is 0.690 bits per heavy atom. The Hall–Kier alpha value is -2.09. The van der Waals surface area contributed by atoms with E-state index in [1.54, 1.807) is 0 Å². The van der Waals surface area contributed by atoms with Crippen LogP contribution in [0.15, 0.2) is 72.3 Å². The van der Waals surface area contributed by atoms with Crippen molar-refractivity contribution in [2.24, 2.45) is 0 Å². The van der Waals surface area contributed by atoms with Crippen LogP contribution in [-0.4, -0.2) is 23.4 Å². The molecule has 29 heavy (non-hydrogen) atoms. The van der Waals surface area contributed by atoms with E-state index in [9.17, 15) is 30.7 Å². The van der Waals surface area contributed by atoms with Crippen molar-refractivity contribution in [2.75, 3.05) is 0 Å². The molecule has 158 valence electrons. The van der Waals surface area contributed by atoms with Crippen molar-refractivity contribution >= 4 is 17.8 Å². The molecule has 0 heterocycles. The second kappa shape index (κ2) is 6.20. The van der Waals surface area contributed by atoms with Crippen LogP contribution in [0.1, 0.15) is 0 Å². The van der Waals surface area contributed by atoms with E-state index < -0.39 is 52.9 Å². The molecule has 1 aliphatic rings. The summed E-state index contributed by atoms with van der Waals surface area (Å²) in [5, 5.41) is -9.25. The second-order valence-electron chi connectivity index (χ2n) is 6.42. The molecule has 2 aromatic rings. The number of halogens is 10. The molecule has 0 nitrogen and oxygen atoms in total. The van der Waals surface area contributed by atoms with Crippen molar-refractivity contribution in [1.82, 2.24) is 0 Å². The van der Waals surface area contributed by atoms with Crippen LogP contribution in [-0.2, 0) is 0 Å². The van der Waals surface area contributed by atoms with Crippen LogP contribution in [0, 0.1) is 0 Å². The van der Waals surface area contributed by atoms with Gasteiger partial charge in [0.15, 0.2) is 0 Å². The molecule has 0 radical (unpaired) electrons. The molecular weight excluding hydrogens is 437 g/mol. The number of hydrogen-bond donors (Lipinski definition) is 0. The normalized spacial score (nSPS) is 27.9. The summed E-state index contributed by atoms with van der Waals surface area (Å²) in [7, 11) is -8.34. The summed E-state index contributed by atoms with van der Waals surface area (Å²) in [6, 6.07) is 7.45. The fourth-order valence-electron chi connectivity index (χ4n) is 3.25. The Kier molecular flexibility index (Phi) is 4.62. The summed E-state index contributed by atoms with van der Waals surface area (Å²) in [6.07, 6.45) is -4.63. The van der Waals surface area contributed by atoms with Gasteiger partial charge in [-0.25, -0.2) is 0 Å². The molecule has 0 saturated heterocycles. The first kappa shape index (κ1) is 21.6. The zero-order valence-electron chi connectivity index (χ0n) is 14.1. The van der Waals surface area contributed by atoms with Gasteiger partial charge in [0.25, 0.3) is 0 Å². The number of alkyl halides is 6. The fourth-order valence-corrected chi connectivity index (χ4v) is 6.74. The third-order valence-corrected chi connectivity index (χ3v) is 8.81. The van der Waals surface area contributed by atoms with E-state index in [0.29, 0.717) is 24.3 Å². The predicted octanol–water partition coefficient (Wildman–Crippen LogP) is 6.40. The monoisotopic (exact) mass is 448 g/mol. The van der Waals surface area contributed by atoms with Crippen molar-refractivity contribution in [3.05, 3.63) is 72.3 Å². The SMILES string of the molecule is FC1=C(F)C(F)(P(F)(F)(c2ccccc2)c2ccccc2)C(F)(F)C(F)(F)C1F. The average Bonchev–Trinajstić information content (AvgIpc) is 2.71. The molecular formula is C18H11F10P. The fraction of sp³-hybridized carbons (Fsp3) is 0.222. The van der Waals surface area contributed by atoms with E-state index in [1.165, 1.54) is 0 Å². The van der Waals surface area contributed by atoms with Crippen LogP contribution in [0.3, 0.4) is 0 Å². The van der Waals surface area contributed by atoms with E-state index >= 15 is 12.8 Å². The topological polar surface area (TPSA) is 0 Å². The zero-order chi connectivity index (χ0) is 21.9. The number of benzene rings is 2. The Balaban J connectivity index is 2.56. The number of rotatable bonds is 3. The molecule has 11 heteroatoms. The van der Waals surface area contributed by atoms with E-state index in [2.05, 4.69) is 0 Å². The van der Waals surface area contributed by atoms with E-state index in [-0.39, 0.29) is 0 Å². The predicted molar refractivity (Wildman–Crippen MR) is 89.2 cm³/mol. The maximum atomic E-state index is 16.3. The molecule has 0 fully saturated rings. The maximum absolute atomic E-state index is 16.3. The third kappa shape index (κ3) is 2.32. The Morgan fingerprint density at radius 3 is 1.45 bits per heavy atom. The van der Waals surface area contributed by atoms with Crippen LogP contribution in [0.2, 0.25) is 0 Å². The van der Waals surface area contributed by atoms with Gasteiger partial charge in [0.2, 0.25) is 0 Å². The minimum absolute atomic E-state index is 0.438. The van der Waals surface area contributed by atoms with Gasteiger partial charge in [0.1, 0.15) is 0 Å². The molecule has 2 aromatic carbocycles. The van der Waals surface area contributed by atoms with Gasteiger partial charge in [-0.1, -0.05) is 0 Å². The quantitative estimate of drug-likeness (QED) is 0.377. The van der Waals surface area contributed by atoms with Gasteiger partial charge in [0, 0.05) is 0 Å². The molecule has 0 amide bonds. The molecule has 3 rings (SSSR count). The van der Waals surface area contributed by atoms with Crippen molar-refractivity contribution in [3.63, 3.8) is 0 Å². The first-order valence-electron chi connectivity index (χ1n) is 7.95. The van der Waals surface area contributed by atoms with Crippen LogP contribution >= 0.6 is 7.22 Å². The molecule has 0 saturated carbocycles. The summed E-state index contributed by atoms with van der Waals surface area (Å²) >= 11 is 0. The first-order chi connectivity index (χ1) is 13.2. The summed E-state index contributed by atoms with van der Waals surface area (Å²) in [5.74, 6) is -19.8. The minimum atomic E-state index is -8.34. The van der Waals surface area contributed by atoms with E-state index in [4.69, 9.17) is 0 Å². The Bertz CT molecular complexity index is 914. The van der Waals surface area contributed by atoms with Crippen LogP contribution in [0.4, 0.5) is 43.5 Å². The van der Waals surface area contributed by atoms with Gasteiger partial charge in [-0.05, 0) is 0 Å². The average molecular weight is 448 g/mol. The Labute approximate surface area is 158 Å². The van der Waals surface area contributed by atoms with Crippen molar-refractivity contribution in [2.45, 2.75) is 23.4 Å². The molecule has 0 spiro atoms. The molecule has 0 aliphatic heterocycles. The van der Waals surface area contributed by atoms with Crippen molar-refractivity contribution in [1.29, 1.82) is 0 Å². The van der Waals surface area contributed by atoms with Crippen LogP contribution < -0.4 is 10.6 Å². The van der Waals surface area contributed by atoms with E-state index in [1.807, 2.05) is 0 Å². The van der Waals surface area contributed by atoms with Gasteiger partial charge in [-0.15, -0.1) is 0 Å². The van der Waals surface area contributed by atoms with Crippen LogP contribution in [0.5, 0.6) is 0 Å². The summed E-state index contributed by atoms with van der Waals surface area (Å²) in [5.41, 5.74) is 0. The first-order valence-corrected chi connectivity index (χ1v) is 9.97. The number of allylic oxidation sites excluding steroid dienone is 2. The van der Waals surface area contributed by atoms with E-state index in [0.717, 1.165) is 36.4 Å². The third-order valence-electron chi connectivity index (χ3n) is 4.84. The van der Waals surface area contributed by atoms with Gasteiger partial charge >= 0.3 is 157 Å². The second-order valence-corrected chi connectivity index (χ2v) is 9.88.